The molecule has 0 amide bonds. The van der Waals surface area contributed by atoms with Crippen molar-refractivity contribution in [1.82, 2.24) is 0 Å². The monoisotopic (exact) mass is 416 g/mol. The highest BCUT2D eigenvalue weighted by molar-refractivity contribution is 5.64. The van der Waals surface area contributed by atoms with Crippen molar-refractivity contribution in [2.45, 2.75) is 109 Å². The van der Waals surface area contributed by atoms with Gasteiger partial charge in [-0.3, -0.25) is 0 Å². The van der Waals surface area contributed by atoms with Crippen molar-refractivity contribution in [1.29, 1.82) is 0 Å². The predicted octanol–water partition coefficient (Wildman–Crippen LogP) is 9.89. The van der Waals surface area contributed by atoms with E-state index in [-0.39, 0.29) is 0 Å². The van der Waals surface area contributed by atoms with Crippen LogP contribution >= 0.6 is 0 Å². The van der Waals surface area contributed by atoms with Crippen LogP contribution in [0.4, 0.5) is 0 Å². The molecule has 0 heteroatoms. The molecular weight excluding hydrogens is 372 g/mol. The van der Waals surface area contributed by atoms with Gasteiger partial charge in [-0.1, -0.05) is 101 Å². The molecule has 0 N–H and O–H groups in total. The first-order valence-electron chi connectivity index (χ1n) is 13.5. The van der Waals surface area contributed by atoms with Crippen LogP contribution in [0.15, 0.2) is 48.5 Å². The average molecular weight is 417 g/mol. The summed E-state index contributed by atoms with van der Waals surface area (Å²) in [5.41, 5.74) is 5.88. The lowest BCUT2D eigenvalue weighted by Gasteiger charge is -2.29. The van der Waals surface area contributed by atoms with Gasteiger partial charge in [0.2, 0.25) is 0 Å². The summed E-state index contributed by atoms with van der Waals surface area (Å²) in [6.45, 7) is 4.64. The van der Waals surface area contributed by atoms with Gasteiger partial charge in [0, 0.05) is 0 Å². The van der Waals surface area contributed by atoms with E-state index in [1.165, 1.54) is 94.6 Å². The molecule has 0 radical (unpaired) electrons. The topological polar surface area (TPSA) is 0 Å². The average Bonchev–Trinajstić information content (AvgIpc) is 3.29. The number of unbranched alkanes of at least 4 members (excludes halogenated alkanes) is 2. The lowest BCUT2D eigenvalue weighted by Crippen LogP contribution is -2.13. The van der Waals surface area contributed by atoms with Crippen molar-refractivity contribution in [3.63, 3.8) is 0 Å². The largest absolute Gasteiger partial charge is 0.0654 e. The molecule has 2 fully saturated rings. The van der Waals surface area contributed by atoms with Gasteiger partial charge in [0.05, 0.1) is 0 Å². The van der Waals surface area contributed by atoms with Gasteiger partial charge in [0.25, 0.3) is 0 Å². The summed E-state index contributed by atoms with van der Waals surface area (Å²) in [7, 11) is 0. The van der Waals surface area contributed by atoms with Crippen LogP contribution in [0.5, 0.6) is 0 Å². The molecule has 2 aliphatic rings. The zero-order valence-corrected chi connectivity index (χ0v) is 20.1. The van der Waals surface area contributed by atoms with Gasteiger partial charge in [0.1, 0.15) is 0 Å². The van der Waals surface area contributed by atoms with Crippen molar-refractivity contribution in [2.75, 3.05) is 0 Å². The minimum atomic E-state index is 0.789. The van der Waals surface area contributed by atoms with Crippen LogP contribution in [0.1, 0.15) is 120 Å². The first-order chi connectivity index (χ1) is 15.3. The first-order valence-corrected chi connectivity index (χ1v) is 13.5. The minimum Gasteiger partial charge on any atom is -0.0654 e. The molecule has 2 aromatic carbocycles. The molecule has 2 saturated carbocycles. The summed E-state index contributed by atoms with van der Waals surface area (Å²) >= 11 is 0. The van der Waals surface area contributed by atoms with E-state index in [0.717, 1.165) is 23.7 Å². The normalized spacial score (nSPS) is 26.3. The van der Waals surface area contributed by atoms with Gasteiger partial charge in [-0.25, -0.2) is 0 Å². The summed E-state index contributed by atoms with van der Waals surface area (Å²) < 4.78 is 0. The molecule has 0 aliphatic heterocycles. The molecule has 2 aromatic rings. The Balaban J connectivity index is 1.30. The van der Waals surface area contributed by atoms with Crippen LogP contribution in [0.25, 0.3) is 11.1 Å². The Hall–Kier alpha value is -1.56. The third-order valence-electron chi connectivity index (χ3n) is 8.40. The highest BCUT2D eigenvalue weighted by Gasteiger charge is 2.25. The molecule has 0 unspecified atom stereocenters. The third kappa shape index (κ3) is 6.03. The van der Waals surface area contributed by atoms with Crippen LogP contribution < -0.4 is 0 Å². The highest BCUT2D eigenvalue weighted by Crippen LogP contribution is 2.41. The van der Waals surface area contributed by atoms with Crippen molar-refractivity contribution >= 4 is 0 Å². The van der Waals surface area contributed by atoms with Gasteiger partial charge < -0.3 is 0 Å². The van der Waals surface area contributed by atoms with Crippen LogP contribution in [-0.2, 0) is 0 Å². The van der Waals surface area contributed by atoms with E-state index >= 15 is 0 Å². The number of rotatable bonds is 9. The van der Waals surface area contributed by atoms with Gasteiger partial charge in [-0.2, -0.15) is 0 Å². The van der Waals surface area contributed by atoms with Crippen molar-refractivity contribution < 1.29 is 0 Å². The Kier molecular flexibility index (Phi) is 8.28. The van der Waals surface area contributed by atoms with E-state index in [2.05, 4.69) is 62.4 Å². The SMILES string of the molecule is CCCCCC1CCC(c2ccc(-c3ccc([C@H]4CC[C@H](CCC)C4)cc3)cc2)CC1. The van der Waals surface area contributed by atoms with Gasteiger partial charge in [0.15, 0.2) is 0 Å². The summed E-state index contributed by atoms with van der Waals surface area (Å²) in [5.74, 6) is 3.55. The Morgan fingerprint density at radius 3 is 1.68 bits per heavy atom. The number of hydrogen-bond acceptors (Lipinski definition) is 0. The molecule has 168 valence electrons. The van der Waals surface area contributed by atoms with Crippen LogP contribution in [-0.4, -0.2) is 0 Å². The summed E-state index contributed by atoms with van der Waals surface area (Å²) in [5, 5.41) is 0. The minimum absolute atomic E-state index is 0.789. The fourth-order valence-electron chi connectivity index (χ4n) is 6.41. The number of benzene rings is 2. The zero-order valence-electron chi connectivity index (χ0n) is 20.1. The maximum absolute atomic E-state index is 2.41. The van der Waals surface area contributed by atoms with Crippen molar-refractivity contribution in [2.24, 2.45) is 11.8 Å². The first kappa shape index (κ1) is 22.6. The molecule has 2 atom stereocenters. The van der Waals surface area contributed by atoms with E-state index in [0.29, 0.717) is 0 Å². The van der Waals surface area contributed by atoms with E-state index < -0.39 is 0 Å². The summed E-state index contributed by atoms with van der Waals surface area (Å²) in [4.78, 5) is 0. The fourth-order valence-corrected chi connectivity index (χ4v) is 6.41. The van der Waals surface area contributed by atoms with Crippen LogP contribution in [0, 0.1) is 11.8 Å². The molecule has 0 heterocycles. The van der Waals surface area contributed by atoms with Gasteiger partial charge in [-0.05, 0) is 90.9 Å². The molecule has 31 heavy (non-hydrogen) atoms. The molecule has 0 aromatic heterocycles. The molecular formula is C31H44. The lowest BCUT2D eigenvalue weighted by atomic mass is 9.77. The zero-order chi connectivity index (χ0) is 21.5. The van der Waals surface area contributed by atoms with Crippen molar-refractivity contribution in [3.05, 3.63) is 59.7 Å². The second kappa shape index (κ2) is 11.3. The third-order valence-corrected chi connectivity index (χ3v) is 8.40. The van der Waals surface area contributed by atoms with Crippen molar-refractivity contribution in [3.8, 4) is 11.1 Å². The van der Waals surface area contributed by atoms with Gasteiger partial charge >= 0.3 is 0 Å². The Morgan fingerprint density at radius 1 is 0.548 bits per heavy atom. The lowest BCUT2D eigenvalue weighted by molar-refractivity contribution is 0.303. The Morgan fingerprint density at radius 2 is 1.10 bits per heavy atom. The molecule has 0 saturated heterocycles. The smallest absolute Gasteiger partial charge is 0.0159 e. The van der Waals surface area contributed by atoms with E-state index in [9.17, 15) is 0 Å². The summed E-state index contributed by atoms with van der Waals surface area (Å²) in [6, 6.07) is 19.1. The highest BCUT2D eigenvalue weighted by atomic mass is 14.3. The molecule has 0 spiro atoms. The fraction of sp³-hybridized carbons (Fsp3) is 0.613. The standard InChI is InChI=1S/C31H44/c1-3-5-6-8-24-9-12-26(13-10-24)27-15-17-28(18-16-27)29-19-21-30(22-20-29)31-14-11-25(23-31)7-4-2/h15-22,24-26,31H,3-14,23H2,1-2H3/t24?,25-,26?,31-/m0/s1. The summed E-state index contributed by atoms with van der Waals surface area (Å²) in [6.07, 6.45) is 18.3. The quantitative estimate of drug-likeness (QED) is 0.357. The second-order valence-corrected chi connectivity index (χ2v) is 10.6. The molecule has 0 nitrogen and oxygen atoms in total. The molecule has 0 bridgehead atoms. The second-order valence-electron chi connectivity index (χ2n) is 10.6. The maximum atomic E-state index is 2.41. The van der Waals surface area contributed by atoms with Gasteiger partial charge in [-0.15, -0.1) is 0 Å². The predicted molar refractivity (Wildman–Crippen MR) is 136 cm³/mol. The number of hydrogen-bond donors (Lipinski definition) is 0. The Bertz CT molecular complexity index is 761. The van der Waals surface area contributed by atoms with E-state index in [4.69, 9.17) is 0 Å². The van der Waals surface area contributed by atoms with Crippen LogP contribution in [0.3, 0.4) is 0 Å². The van der Waals surface area contributed by atoms with E-state index in [1.807, 2.05) is 0 Å². The van der Waals surface area contributed by atoms with Crippen LogP contribution in [0.2, 0.25) is 0 Å². The maximum Gasteiger partial charge on any atom is -0.0159 e. The van der Waals surface area contributed by atoms with E-state index in [1.54, 1.807) is 11.1 Å². The molecule has 4 rings (SSSR count). The molecule has 2 aliphatic carbocycles. The Labute approximate surface area is 191 Å².